The van der Waals surface area contributed by atoms with Crippen LogP contribution in [0.15, 0.2) is 45.4 Å². The Labute approximate surface area is 143 Å². The molecule has 1 aromatic carbocycles. The lowest BCUT2D eigenvalue weighted by atomic mass is 10.2. The zero-order chi connectivity index (χ0) is 16.9. The molecule has 0 aliphatic carbocycles. The molecular weight excluding hydrogens is 326 g/mol. The number of thioether (sulfide) groups is 1. The van der Waals surface area contributed by atoms with Crippen molar-refractivity contribution in [3.63, 3.8) is 0 Å². The van der Waals surface area contributed by atoms with Gasteiger partial charge >= 0.3 is 0 Å². The molecule has 0 amide bonds. The van der Waals surface area contributed by atoms with E-state index in [9.17, 15) is 0 Å². The Hall–Kier alpha value is -2.61. The highest BCUT2D eigenvalue weighted by atomic mass is 32.2. The summed E-state index contributed by atoms with van der Waals surface area (Å²) in [6.07, 6.45) is 3.33. The molecule has 0 atom stereocenters. The summed E-state index contributed by atoms with van der Waals surface area (Å²) in [5, 5.41) is 17.1. The Kier molecular flexibility index (Phi) is 4.95. The van der Waals surface area contributed by atoms with Crippen molar-refractivity contribution >= 4 is 18.0 Å². The standard InChI is InChI=1S/C16H17N5O2S/c1-11-15(12(2)23-20-11)9-24-16-19-17-10-21(16)18-8-13-4-6-14(22-3)7-5-13/h4-8,10H,9H2,1-3H3/b18-8-. The highest BCUT2D eigenvalue weighted by molar-refractivity contribution is 7.98. The van der Waals surface area contributed by atoms with Crippen molar-refractivity contribution in [1.29, 1.82) is 0 Å². The number of benzene rings is 1. The van der Waals surface area contributed by atoms with Gasteiger partial charge < -0.3 is 9.26 Å². The largest absolute Gasteiger partial charge is 0.497 e. The second kappa shape index (κ2) is 7.31. The van der Waals surface area contributed by atoms with Gasteiger partial charge in [0, 0.05) is 11.3 Å². The van der Waals surface area contributed by atoms with Crippen LogP contribution in [0.5, 0.6) is 5.75 Å². The molecule has 0 saturated carbocycles. The molecule has 0 N–H and O–H groups in total. The van der Waals surface area contributed by atoms with Crippen LogP contribution in [0, 0.1) is 13.8 Å². The SMILES string of the molecule is COc1ccc(/C=N\n2cnnc2SCc2c(C)noc2C)cc1. The van der Waals surface area contributed by atoms with Crippen LogP contribution in [0.4, 0.5) is 0 Å². The van der Waals surface area contributed by atoms with Crippen molar-refractivity contribution in [3.8, 4) is 5.75 Å². The highest BCUT2D eigenvalue weighted by Crippen LogP contribution is 2.24. The Morgan fingerprint density at radius 2 is 2.08 bits per heavy atom. The summed E-state index contributed by atoms with van der Waals surface area (Å²) >= 11 is 1.54. The van der Waals surface area contributed by atoms with Gasteiger partial charge in [0.1, 0.15) is 17.8 Å². The molecule has 0 aliphatic heterocycles. The number of aromatic nitrogens is 4. The summed E-state index contributed by atoms with van der Waals surface area (Å²) in [5.74, 6) is 2.35. The minimum atomic E-state index is 0.706. The molecule has 24 heavy (non-hydrogen) atoms. The fraction of sp³-hybridized carbons (Fsp3) is 0.250. The van der Waals surface area contributed by atoms with Crippen LogP contribution in [-0.2, 0) is 5.75 Å². The van der Waals surface area contributed by atoms with Crippen molar-refractivity contribution in [1.82, 2.24) is 20.0 Å². The summed E-state index contributed by atoms with van der Waals surface area (Å²) in [7, 11) is 1.64. The van der Waals surface area contributed by atoms with Gasteiger partial charge in [-0.3, -0.25) is 0 Å². The molecule has 0 fully saturated rings. The molecule has 0 saturated heterocycles. The lowest BCUT2D eigenvalue weighted by molar-refractivity contribution is 0.392. The van der Waals surface area contributed by atoms with Gasteiger partial charge in [-0.2, -0.15) is 9.78 Å². The van der Waals surface area contributed by atoms with E-state index in [2.05, 4.69) is 20.5 Å². The zero-order valence-electron chi connectivity index (χ0n) is 13.6. The lowest BCUT2D eigenvalue weighted by Gasteiger charge is -2.01. The van der Waals surface area contributed by atoms with Crippen LogP contribution in [-0.4, -0.2) is 33.4 Å². The first-order valence-electron chi connectivity index (χ1n) is 7.30. The molecule has 2 heterocycles. The number of aryl methyl sites for hydroxylation is 2. The fourth-order valence-electron chi connectivity index (χ4n) is 2.06. The molecule has 2 aromatic heterocycles. The van der Waals surface area contributed by atoms with Gasteiger partial charge in [-0.15, -0.1) is 10.2 Å². The maximum atomic E-state index is 5.17. The van der Waals surface area contributed by atoms with Crippen molar-refractivity contribution in [3.05, 3.63) is 53.2 Å². The lowest BCUT2D eigenvalue weighted by Crippen LogP contribution is -1.94. The molecule has 3 aromatic rings. The normalized spacial score (nSPS) is 11.3. The van der Waals surface area contributed by atoms with E-state index >= 15 is 0 Å². The monoisotopic (exact) mass is 343 g/mol. The van der Waals surface area contributed by atoms with Crippen molar-refractivity contribution < 1.29 is 9.26 Å². The zero-order valence-corrected chi connectivity index (χ0v) is 14.4. The number of ether oxygens (including phenoxy) is 1. The second-order valence-electron chi connectivity index (χ2n) is 5.07. The number of methoxy groups -OCH3 is 1. The van der Waals surface area contributed by atoms with Crippen LogP contribution >= 0.6 is 11.8 Å². The molecule has 7 nitrogen and oxygen atoms in total. The number of rotatable bonds is 6. The van der Waals surface area contributed by atoms with Crippen molar-refractivity contribution in [2.24, 2.45) is 5.10 Å². The maximum Gasteiger partial charge on any atom is 0.212 e. The third-order valence-corrected chi connectivity index (χ3v) is 4.43. The van der Waals surface area contributed by atoms with Gasteiger partial charge in [-0.1, -0.05) is 16.9 Å². The van der Waals surface area contributed by atoms with Crippen LogP contribution in [0.25, 0.3) is 0 Å². The minimum Gasteiger partial charge on any atom is -0.497 e. The second-order valence-corrected chi connectivity index (χ2v) is 6.01. The third kappa shape index (κ3) is 3.65. The molecule has 124 valence electrons. The van der Waals surface area contributed by atoms with Crippen molar-refractivity contribution in [2.45, 2.75) is 24.8 Å². The molecule has 3 rings (SSSR count). The van der Waals surface area contributed by atoms with Gasteiger partial charge in [-0.05, 0) is 43.7 Å². The summed E-state index contributed by atoms with van der Waals surface area (Å²) in [5.41, 5.74) is 2.94. The first-order valence-corrected chi connectivity index (χ1v) is 8.29. The quantitative estimate of drug-likeness (QED) is 0.505. The molecule has 0 bridgehead atoms. The Balaban J connectivity index is 1.69. The summed E-state index contributed by atoms with van der Waals surface area (Å²) in [6, 6.07) is 7.65. The van der Waals surface area contributed by atoms with Crippen molar-refractivity contribution in [2.75, 3.05) is 7.11 Å². The van der Waals surface area contributed by atoms with Gasteiger partial charge in [0.05, 0.1) is 19.0 Å². The van der Waals surface area contributed by atoms with E-state index in [0.29, 0.717) is 10.9 Å². The summed E-state index contributed by atoms with van der Waals surface area (Å²) in [4.78, 5) is 0. The Morgan fingerprint density at radius 3 is 2.75 bits per heavy atom. The molecule has 0 unspecified atom stereocenters. The van der Waals surface area contributed by atoms with E-state index < -0.39 is 0 Å². The van der Waals surface area contributed by atoms with Crippen LogP contribution < -0.4 is 4.74 Å². The van der Waals surface area contributed by atoms with Gasteiger partial charge in [0.25, 0.3) is 0 Å². The van der Waals surface area contributed by atoms with E-state index in [1.54, 1.807) is 24.3 Å². The van der Waals surface area contributed by atoms with Crippen LogP contribution in [0.1, 0.15) is 22.6 Å². The first kappa shape index (κ1) is 16.3. The van der Waals surface area contributed by atoms with E-state index in [-0.39, 0.29) is 0 Å². The summed E-state index contributed by atoms with van der Waals surface area (Å²) in [6.45, 7) is 3.83. The summed E-state index contributed by atoms with van der Waals surface area (Å²) < 4.78 is 12.0. The molecule has 8 heteroatoms. The fourth-order valence-corrected chi connectivity index (χ4v) is 3.07. The number of hydrogen-bond donors (Lipinski definition) is 0. The first-order chi connectivity index (χ1) is 11.7. The number of hydrogen-bond acceptors (Lipinski definition) is 7. The van der Waals surface area contributed by atoms with Crippen LogP contribution in [0.3, 0.4) is 0 Å². The van der Waals surface area contributed by atoms with E-state index in [1.807, 2.05) is 38.1 Å². The van der Waals surface area contributed by atoms with E-state index in [4.69, 9.17) is 9.26 Å². The predicted molar refractivity (Wildman–Crippen MR) is 91.5 cm³/mol. The van der Waals surface area contributed by atoms with Gasteiger partial charge in [0.15, 0.2) is 0 Å². The van der Waals surface area contributed by atoms with Gasteiger partial charge in [-0.25, -0.2) is 0 Å². The topological polar surface area (TPSA) is 78.3 Å². The average Bonchev–Trinajstić information content (AvgIpc) is 3.18. The molecular formula is C16H17N5O2S. The van der Waals surface area contributed by atoms with Gasteiger partial charge in [0.2, 0.25) is 5.16 Å². The predicted octanol–water partition coefficient (Wildman–Crippen LogP) is 3.07. The third-order valence-electron chi connectivity index (χ3n) is 3.47. The Bertz CT molecular complexity index is 819. The molecule has 0 spiro atoms. The van der Waals surface area contributed by atoms with Crippen LogP contribution in [0.2, 0.25) is 0 Å². The maximum absolute atomic E-state index is 5.17. The Morgan fingerprint density at radius 1 is 1.29 bits per heavy atom. The van der Waals surface area contributed by atoms with E-state index in [1.165, 1.54) is 11.8 Å². The van der Waals surface area contributed by atoms with E-state index in [0.717, 1.165) is 28.3 Å². The molecule has 0 aliphatic rings. The molecule has 0 radical (unpaired) electrons. The highest BCUT2D eigenvalue weighted by Gasteiger charge is 2.11. The smallest absolute Gasteiger partial charge is 0.212 e. The number of nitrogens with zero attached hydrogens (tertiary/aromatic N) is 5. The average molecular weight is 343 g/mol. The minimum absolute atomic E-state index is 0.706.